The second-order valence-corrected chi connectivity index (χ2v) is 2.77. The lowest BCUT2D eigenvalue weighted by atomic mass is 10.1. The molecule has 0 aromatic heterocycles. The zero-order valence-corrected chi connectivity index (χ0v) is 5.77. The van der Waals surface area contributed by atoms with Crippen molar-refractivity contribution in [1.29, 1.82) is 0 Å². The van der Waals surface area contributed by atoms with Gasteiger partial charge < -0.3 is 5.11 Å². The molecule has 0 aromatic carbocycles. The van der Waals surface area contributed by atoms with Gasteiger partial charge in [0.25, 0.3) is 0 Å². The normalized spacial score (nSPS) is 34.4. The van der Waals surface area contributed by atoms with Gasteiger partial charge in [0.1, 0.15) is 0 Å². The summed E-state index contributed by atoms with van der Waals surface area (Å²) in [6.45, 7) is 3.79. The van der Waals surface area contributed by atoms with Crippen LogP contribution in [0.15, 0.2) is 0 Å². The third-order valence-electron chi connectivity index (χ3n) is 2.12. The van der Waals surface area contributed by atoms with Crippen LogP contribution in [0, 0.1) is 11.3 Å². The number of carboxylic acid groups (broad SMARTS) is 1. The number of hydrogen-bond acceptors (Lipinski definition) is 1. The van der Waals surface area contributed by atoms with Crippen molar-refractivity contribution in [2.75, 3.05) is 0 Å². The van der Waals surface area contributed by atoms with E-state index in [-0.39, 0.29) is 0 Å². The highest BCUT2D eigenvalue weighted by atomic mass is 16.4. The largest absolute Gasteiger partial charge is 0.481 e. The molecule has 9 heavy (non-hydrogen) atoms. The van der Waals surface area contributed by atoms with Gasteiger partial charge in [0.05, 0.1) is 5.41 Å². The monoisotopic (exact) mass is 127 g/mol. The summed E-state index contributed by atoms with van der Waals surface area (Å²) in [7, 11) is 0. The lowest BCUT2D eigenvalue weighted by Crippen LogP contribution is -2.11. The highest BCUT2D eigenvalue weighted by molar-refractivity contribution is 5.82. The summed E-state index contributed by atoms with van der Waals surface area (Å²) in [5.74, 6) is 0.509. The lowest BCUT2D eigenvalue weighted by molar-refractivity contribution is -0.142. The molecule has 0 heterocycles. The molecule has 1 unspecified atom stereocenters. The maximum absolute atomic E-state index is 10.4. The quantitative estimate of drug-likeness (QED) is 0.609. The highest BCUT2D eigenvalue weighted by Crippen LogP contribution is 2.56. The van der Waals surface area contributed by atoms with Gasteiger partial charge >= 0.3 is 5.97 Å². The third kappa shape index (κ3) is 0.824. The van der Waals surface area contributed by atoms with Gasteiger partial charge in [-0.25, -0.2) is 0 Å². The van der Waals surface area contributed by atoms with E-state index in [2.05, 4.69) is 0 Å². The molecule has 1 radical (unpaired) electrons. The fourth-order valence-electron chi connectivity index (χ4n) is 1.12. The summed E-state index contributed by atoms with van der Waals surface area (Å²) < 4.78 is 0. The van der Waals surface area contributed by atoms with E-state index in [4.69, 9.17) is 5.11 Å². The first-order valence-electron chi connectivity index (χ1n) is 3.20. The SMILES string of the molecule is CC[C]1CC1(C)C(=O)O. The average molecular weight is 127 g/mol. The molecule has 0 aromatic rings. The third-order valence-corrected chi connectivity index (χ3v) is 2.12. The molecule has 1 rings (SSSR count). The Balaban J connectivity index is 2.52. The molecule has 0 spiro atoms. The molecule has 1 saturated carbocycles. The van der Waals surface area contributed by atoms with Crippen LogP contribution in [0.2, 0.25) is 0 Å². The van der Waals surface area contributed by atoms with Gasteiger partial charge in [-0.1, -0.05) is 6.92 Å². The predicted octanol–water partition coefficient (Wildman–Crippen LogP) is 1.47. The molecule has 0 aliphatic heterocycles. The maximum atomic E-state index is 10.4. The van der Waals surface area contributed by atoms with Crippen molar-refractivity contribution in [2.24, 2.45) is 5.41 Å². The molecule has 0 amide bonds. The van der Waals surface area contributed by atoms with Crippen LogP contribution in [0.3, 0.4) is 0 Å². The maximum Gasteiger partial charge on any atom is 0.309 e. The summed E-state index contributed by atoms with van der Waals surface area (Å²) in [6.07, 6.45) is 1.71. The number of carboxylic acids is 1. The van der Waals surface area contributed by atoms with Gasteiger partial charge in [0, 0.05) is 0 Å². The van der Waals surface area contributed by atoms with Gasteiger partial charge in [0.2, 0.25) is 0 Å². The lowest BCUT2D eigenvalue weighted by Gasteiger charge is -1.99. The van der Waals surface area contributed by atoms with E-state index < -0.39 is 11.4 Å². The van der Waals surface area contributed by atoms with E-state index in [1.165, 1.54) is 5.92 Å². The van der Waals surface area contributed by atoms with Crippen LogP contribution < -0.4 is 0 Å². The van der Waals surface area contributed by atoms with Crippen LogP contribution in [-0.2, 0) is 4.79 Å². The number of hydrogen-bond donors (Lipinski definition) is 1. The van der Waals surface area contributed by atoms with Gasteiger partial charge in [-0.3, -0.25) is 4.79 Å². The van der Waals surface area contributed by atoms with E-state index >= 15 is 0 Å². The number of rotatable bonds is 2. The molecule has 51 valence electrons. The van der Waals surface area contributed by atoms with Crippen LogP contribution >= 0.6 is 0 Å². The van der Waals surface area contributed by atoms with Crippen molar-refractivity contribution in [3.05, 3.63) is 5.92 Å². The van der Waals surface area contributed by atoms with Crippen LogP contribution in [0.1, 0.15) is 26.7 Å². The fraction of sp³-hybridized carbons (Fsp3) is 0.714. The molecule has 0 saturated heterocycles. The van der Waals surface area contributed by atoms with Crippen LogP contribution in [0.4, 0.5) is 0 Å². The smallest absolute Gasteiger partial charge is 0.309 e. The fourth-order valence-corrected chi connectivity index (χ4v) is 1.12. The van der Waals surface area contributed by atoms with E-state index in [9.17, 15) is 4.79 Å². The van der Waals surface area contributed by atoms with Gasteiger partial charge in [-0.2, -0.15) is 0 Å². The molecule has 1 fully saturated rings. The van der Waals surface area contributed by atoms with Crippen LogP contribution in [0.25, 0.3) is 0 Å². The molecule has 1 N–H and O–H groups in total. The summed E-state index contributed by atoms with van der Waals surface area (Å²) >= 11 is 0. The second kappa shape index (κ2) is 1.72. The molecular weight excluding hydrogens is 116 g/mol. The average Bonchev–Trinajstić information content (AvgIpc) is 2.44. The molecule has 2 heteroatoms. The number of carbonyl (C=O) groups is 1. The Labute approximate surface area is 54.9 Å². The van der Waals surface area contributed by atoms with Crippen molar-refractivity contribution in [1.82, 2.24) is 0 Å². The summed E-state index contributed by atoms with van der Waals surface area (Å²) in [6, 6.07) is 0. The van der Waals surface area contributed by atoms with E-state index in [1.807, 2.05) is 6.92 Å². The standard InChI is InChI=1S/C7H11O2/c1-3-5-4-7(5,2)6(8)9/h3-4H2,1-2H3,(H,8,9). The molecule has 1 aliphatic rings. The van der Waals surface area contributed by atoms with E-state index in [1.54, 1.807) is 6.92 Å². The Kier molecular flexibility index (Phi) is 1.26. The first-order chi connectivity index (χ1) is 4.11. The Morgan fingerprint density at radius 2 is 2.44 bits per heavy atom. The Hall–Kier alpha value is -0.530. The topological polar surface area (TPSA) is 37.3 Å². The molecule has 0 bridgehead atoms. The first-order valence-corrected chi connectivity index (χ1v) is 3.20. The van der Waals surface area contributed by atoms with Crippen molar-refractivity contribution in [3.8, 4) is 0 Å². The predicted molar refractivity (Wildman–Crippen MR) is 33.9 cm³/mol. The van der Waals surface area contributed by atoms with Crippen LogP contribution in [-0.4, -0.2) is 11.1 Å². The minimum atomic E-state index is -0.667. The Morgan fingerprint density at radius 1 is 1.89 bits per heavy atom. The summed E-state index contributed by atoms with van der Waals surface area (Å²) in [5, 5.41) is 8.59. The summed E-state index contributed by atoms with van der Waals surface area (Å²) in [4.78, 5) is 10.4. The van der Waals surface area contributed by atoms with E-state index in [0.29, 0.717) is 0 Å². The van der Waals surface area contributed by atoms with Gasteiger partial charge in [0.15, 0.2) is 0 Å². The minimum absolute atomic E-state index is 0.450. The molecule has 1 atom stereocenters. The molecule has 1 aliphatic carbocycles. The second-order valence-electron chi connectivity index (χ2n) is 2.77. The number of aliphatic carboxylic acids is 1. The molecule has 2 nitrogen and oxygen atoms in total. The Morgan fingerprint density at radius 3 is 2.56 bits per heavy atom. The summed E-state index contributed by atoms with van der Waals surface area (Å²) in [5.41, 5.74) is -0.450. The first kappa shape index (κ1) is 6.59. The van der Waals surface area contributed by atoms with Gasteiger partial charge in [-0.15, -0.1) is 0 Å². The van der Waals surface area contributed by atoms with E-state index in [0.717, 1.165) is 12.8 Å². The van der Waals surface area contributed by atoms with Gasteiger partial charge in [-0.05, 0) is 25.7 Å². The minimum Gasteiger partial charge on any atom is -0.481 e. The van der Waals surface area contributed by atoms with Crippen molar-refractivity contribution in [2.45, 2.75) is 26.7 Å². The van der Waals surface area contributed by atoms with Crippen molar-refractivity contribution in [3.63, 3.8) is 0 Å². The highest BCUT2D eigenvalue weighted by Gasteiger charge is 2.55. The zero-order valence-electron chi connectivity index (χ0n) is 5.77. The molecular formula is C7H11O2. The zero-order chi connectivity index (χ0) is 7.07. The van der Waals surface area contributed by atoms with Crippen molar-refractivity contribution < 1.29 is 9.90 Å². The van der Waals surface area contributed by atoms with Crippen molar-refractivity contribution >= 4 is 5.97 Å². The van der Waals surface area contributed by atoms with Crippen LogP contribution in [0.5, 0.6) is 0 Å². The Bertz CT molecular complexity index is 142.